The summed E-state index contributed by atoms with van der Waals surface area (Å²) in [6.07, 6.45) is 1.59. The highest BCUT2D eigenvalue weighted by Crippen LogP contribution is 2.49. The second kappa shape index (κ2) is 10.5. The van der Waals surface area contributed by atoms with Gasteiger partial charge in [0.15, 0.2) is 4.34 Å². The average molecular weight is 591 g/mol. The maximum atomic E-state index is 13.5. The van der Waals surface area contributed by atoms with Crippen molar-refractivity contribution in [3.8, 4) is 5.75 Å². The number of phenols is 1. The van der Waals surface area contributed by atoms with Gasteiger partial charge in [-0.2, -0.15) is 0 Å². The van der Waals surface area contributed by atoms with Crippen LogP contribution >= 0.6 is 34.9 Å². The second-order valence-corrected chi connectivity index (χ2v) is 15.1. The van der Waals surface area contributed by atoms with Gasteiger partial charge in [0.25, 0.3) is 11.6 Å². The van der Waals surface area contributed by atoms with Crippen molar-refractivity contribution < 1.29 is 24.5 Å². The van der Waals surface area contributed by atoms with Gasteiger partial charge >= 0.3 is 5.97 Å². The zero-order chi connectivity index (χ0) is 28.9. The van der Waals surface area contributed by atoms with Gasteiger partial charge in [-0.15, -0.1) is 22.0 Å². The van der Waals surface area contributed by atoms with Gasteiger partial charge in [-0.25, -0.2) is 9.79 Å². The van der Waals surface area contributed by atoms with Crippen LogP contribution in [0.15, 0.2) is 32.7 Å². The van der Waals surface area contributed by atoms with E-state index in [2.05, 4.69) is 15.2 Å². The molecule has 1 fully saturated rings. The number of β-lactam (4-membered cyclic amide) rings is 1. The van der Waals surface area contributed by atoms with Crippen LogP contribution < -0.4 is 0 Å². The SMILES string of the molecule is COC1(N=Cc2cc(C(C)(C)C)c(O)c(C(C)(C)C)c2)C(=O)N2C(C(=O)O)=C(CSc3nnc(C)s3)CSC21. The molecule has 0 radical (unpaired) electrons. The fourth-order valence-electron chi connectivity index (χ4n) is 4.57. The lowest BCUT2D eigenvalue weighted by Gasteiger charge is -2.53. The molecular formula is C27H34N4O5S3. The van der Waals surface area contributed by atoms with Crippen molar-refractivity contribution in [1.29, 1.82) is 0 Å². The van der Waals surface area contributed by atoms with E-state index in [1.165, 1.54) is 46.9 Å². The van der Waals surface area contributed by atoms with Crippen LogP contribution in [-0.2, 0) is 25.2 Å². The Morgan fingerprint density at radius 1 is 1.23 bits per heavy atom. The summed E-state index contributed by atoms with van der Waals surface area (Å²) in [6.45, 7) is 14.0. The first-order valence-electron chi connectivity index (χ1n) is 12.4. The highest BCUT2D eigenvalue weighted by molar-refractivity contribution is 8.01. The number of aromatic nitrogens is 2. The van der Waals surface area contributed by atoms with Gasteiger partial charge in [-0.3, -0.25) is 9.69 Å². The molecule has 1 saturated heterocycles. The van der Waals surface area contributed by atoms with E-state index in [-0.39, 0.29) is 22.3 Å². The normalized spacial score (nSPS) is 21.9. The van der Waals surface area contributed by atoms with Crippen molar-refractivity contribution in [2.75, 3.05) is 18.6 Å². The monoisotopic (exact) mass is 590 g/mol. The summed E-state index contributed by atoms with van der Waals surface area (Å²) in [5.41, 5.74) is 0.727. The number of amides is 1. The summed E-state index contributed by atoms with van der Waals surface area (Å²) in [5, 5.41) is 29.4. The van der Waals surface area contributed by atoms with Crippen LogP contribution in [0, 0.1) is 6.92 Å². The molecular weight excluding hydrogens is 557 g/mol. The molecule has 2 N–H and O–H groups in total. The second-order valence-electron chi connectivity index (χ2n) is 11.6. The number of carboxylic acid groups (broad SMARTS) is 1. The maximum Gasteiger partial charge on any atom is 0.352 e. The molecule has 2 aliphatic heterocycles. The lowest BCUT2D eigenvalue weighted by molar-refractivity contribution is -0.182. The van der Waals surface area contributed by atoms with E-state index in [1.54, 1.807) is 6.21 Å². The molecule has 0 saturated carbocycles. The van der Waals surface area contributed by atoms with E-state index < -0.39 is 23.0 Å². The molecule has 1 aromatic carbocycles. The molecule has 2 unspecified atom stereocenters. The standard InChI is InChI=1S/C27H34N4O5S3/c1-14-29-30-24(39-14)38-13-16-12-37-23-27(36-8,22(35)31(23)19(16)21(33)34)28-11-15-9-17(25(2,3)4)20(32)18(10-15)26(5,6)7/h9-11,23,32H,12-13H2,1-8H3,(H,33,34). The van der Waals surface area contributed by atoms with Gasteiger partial charge in [-0.05, 0) is 41.0 Å². The Morgan fingerprint density at radius 3 is 2.33 bits per heavy atom. The van der Waals surface area contributed by atoms with Crippen molar-refractivity contribution in [3.63, 3.8) is 0 Å². The first kappa shape index (κ1) is 29.6. The third-order valence-corrected chi connectivity index (χ3v) is 10.0. The van der Waals surface area contributed by atoms with Gasteiger partial charge in [0.1, 0.15) is 21.8 Å². The molecule has 0 spiro atoms. The van der Waals surface area contributed by atoms with Crippen LogP contribution in [-0.4, -0.2) is 73.1 Å². The number of aryl methyl sites for hydroxylation is 1. The molecule has 2 aromatic rings. The van der Waals surface area contributed by atoms with Gasteiger partial charge in [0, 0.05) is 36.0 Å². The number of thioether (sulfide) groups is 2. The molecule has 0 aliphatic carbocycles. The quantitative estimate of drug-likeness (QED) is 0.262. The number of nitrogens with zero attached hydrogens (tertiary/aromatic N) is 4. The minimum absolute atomic E-state index is 0.0185. The van der Waals surface area contributed by atoms with Crippen LogP contribution in [0.1, 0.15) is 63.2 Å². The number of hydrogen-bond donors (Lipinski definition) is 2. The van der Waals surface area contributed by atoms with E-state index in [0.717, 1.165) is 26.0 Å². The van der Waals surface area contributed by atoms with Crippen LogP contribution in [0.25, 0.3) is 0 Å². The van der Waals surface area contributed by atoms with Crippen LogP contribution in [0.3, 0.4) is 0 Å². The number of phenolic OH excluding ortho intramolecular Hbond substituents is 1. The molecule has 4 rings (SSSR count). The summed E-state index contributed by atoms with van der Waals surface area (Å²) >= 11 is 4.28. The Labute approximate surface area is 241 Å². The summed E-state index contributed by atoms with van der Waals surface area (Å²) in [4.78, 5) is 31.7. The lowest BCUT2D eigenvalue weighted by atomic mass is 9.78. The summed E-state index contributed by atoms with van der Waals surface area (Å²) in [7, 11) is 1.42. The maximum absolute atomic E-state index is 13.5. The Bertz CT molecular complexity index is 1340. The number of fused-ring (bicyclic) bond motifs is 1. The molecule has 1 aromatic heterocycles. The van der Waals surface area contributed by atoms with Crippen molar-refractivity contribution in [2.45, 2.75) is 74.7 Å². The number of aromatic hydroxyl groups is 1. The smallest absolute Gasteiger partial charge is 0.352 e. The number of carbonyl (C=O) groups excluding carboxylic acids is 1. The van der Waals surface area contributed by atoms with E-state index >= 15 is 0 Å². The first-order valence-corrected chi connectivity index (χ1v) is 15.3. The summed E-state index contributed by atoms with van der Waals surface area (Å²) in [5.74, 6) is -0.608. The van der Waals surface area contributed by atoms with Crippen molar-refractivity contribution in [1.82, 2.24) is 15.1 Å². The van der Waals surface area contributed by atoms with Crippen LogP contribution in [0.5, 0.6) is 5.75 Å². The van der Waals surface area contributed by atoms with E-state index in [0.29, 0.717) is 17.1 Å². The van der Waals surface area contributed by atoms with Crippen molar-refractivity contribution in [2.24, 2.45) is 4.99 Å². The largest absolute Gasteiger partial charge is 0.507 e. The minimum Gasteiger partial charge on any atom is -0.507 e. The Morgan fingerprint density at radius 2 is 1.85 bits per heavy atom. The summed E-state index contributed by atoms with van der Waals surface area (Å²) < 4.78 is 6.45. The number of aliphatic carboxylic acids is 1. The molecule has 2 aliphatic rings. The fraction of sp³-hybridized carbons (Fsp3) is 0.519. The average Bonchev–Trinajstić information content (AvgIpc) is 3.26. The molecule has 210 valence electrons. The predicted octanol–water partition coefficient (Wildman–Crippen LogP) is 4.95. The van der Waals surface area contributed by atoms with Crippen LogP contribution in [0.2, 0.25) is 0 Å². The number of hydrogen-bond acceptors (Lipinski definition) is 10. The Balaban J connectivity index is 1.66. The van der Waals surface area contributed by atoms with Gasteiger partial charge in [-0.1, -0.05) is 64.6 Å². The molecule has 1 amide bonds. The van der Waals surface area contributed by atoms with E-state index in [1.807, 2.05) is 60.6 Å². The highest BCUT2D eigenvalue weighted by Gasteiger charge is 2.66. The topological polar surface area (TPSA) is 125 Å². The molecule has 0 bridgehead atoms. The molecule has 2 atom stereocenters. The third kappa shape index (κ3) is 5.48. The zero-order valence-corrected chi connectivity index (χ0v) is 25.8. The predicted molar refractivity (Wildman–Crippen MR) is 156 cm³/mol. The number of benzene rings is 1. The van der Waals surface area contributed by atoms with Crippen LogP contribution in [0.4, 0.5) is 0 Å². The van der Waals surface area contributed by atoms with Gasteiger partial charge in [0.05, 0.1) is 0 Å². The van der Waals surface area contributed by atoms with Gasteiger partial charge in [0.2, 0.25) is 0 Å². The van der Waals surface area contributed by atoms with Crippen molar-refractivity contribution >= 4 is 53.0 Å². The molecule has 39 heavy (non-hydrogen) atoms. The Hall–Kier alpha value is -2.41. The number of methoxy groups -OCH3 is 1. The number of aliphatic imine (C=N–C) groups is 1. The van der Waals surface area contributed by atoms with Gasteiger partial charge < -0.3 is 14.9 Å². The molecule has 12 heteroatoms. The number of carbonyl (C=O) groups is 2. The number of carboxylic acids is 1. The zero-order valence-electron chi connectivity index (χ0n) is 23.4. The lowest BCUT2D eigenvalue weighted by Crippen LogP contribution is -2.73. The Kier molecular flexibility index (Phi) is 7.98. The highest BCUT2D eigenvalue weighted by atomic mass is 32.2. The summed E-state index contributed by atoms with van der Waals surface area (Å²) in [6, 6.07) is 3.75. The number of rotatable bonds is 7. The van der Waals surface area contributed by atoms with Crippen molar-refractivity contribution in [3.05, 3.63) is 45.1 Å². The third-order valence-electron chi connectivity index (χ3n) is 6.63. The minimum atomic E-state index is -1.54. The number of ether oxygens (including phenoxy) is 1. The molecule has 3 heterocycles. The van der Waals surface area contributed by atoms with E-state index in [9.17, 15) is 19.8 Å². The van der Waals surface area contributed by atoms with E-state index in [4.69, 9.17) is 4.74 Å². The molecule has 9 nitrogen and oxygen atoms in total. The fourth-order valence-corrected chi connectivity index (χ4v) is 7.96. The first-order chi connectivity index (χ1) is 18.1.